The Morgan fingerprint density at radius 1 is 0.852 bits per heavy atom. The number of rotatable bonds is 4. The van der Waals surface area contributed by atoms with Crippen LogP contribution in [0.4, 0.5) is 5.82 Å². The summed E-state index contributed by atoms with van der Waals surface area (Å²) in [5.41, 5.74) is 9.77. The molecule has 2 aromatic carbocycles. The molecule has 0 unspecified atom stereocenters. The zero-order valence-corrected chi connectivity index (χ0v) is 17.1. The number of halogens is 1. The van der Waals surface area contributed by atoms with Crippen molar-refractivity contribution in [1.29, 1.82) is 0 Å². The van der Waals surface area contributed by atoms with Gasteiger partial charge in [-0.3, -0.25) is 9.97 Å². The van der Waals surface area contributed by atoms with Gasteiger partial charge in [0.25, 0.3) is 0 Å². The number of benzene rings is 2. The summed E-state index contributed by atoms with van der Waals surface area (Å²) < 4.78 is 1.10. The Balaban J connectivity index is 1.70. The highest BCUT2D eigenvalue weighted by Crippen LogP contribution is 2.36. The predicted molar refractivity (Wildman–Crippen MR) is 116 cm³/mol. The van der Waals surface area contributed by atoms with Crippen LogP contribution in [0.2, 0.25) is 0 Å². The highest BCUT2D eigenvalue weighted by molar-refractivity contribution is 14.1. The fraction of sp³-hybridized carbons (Fsp3) is 0. The molecule has 0 atom stereocenters. The standard InChI is InChI=1S/C20H14IN5S/c21-16-9-13(5-6-15(16)17-10-26-19(22)11-25-17)14-3-1-2-4-18(14)27-20-12-23-7-8-24-20/h1-12H,(H2,22,26). The SMILES string of the molecule is Nc1cnc(-c2ccc(-c3ccccc3Sc3cnccn3)cc2I)cn1. The molecule has 0 bridgehead atoms. The summed E-state index contributed by atoms with van der Waals surface area (Å²) >= 11 is 3.94. The van der Waals surface area contributed by atoms with Gasteiger partial charge < -0.3 is 5.73 Å². The third kappa shape index (κ3) is 4.09. The Bertz CT molecular complexity index is 1070. The Morgan fingerprint density at radius 3 is 2.48 bits per heavy atom. The Hall–Kier alpha value is -2.52. The second-order valence-corrected chi connectivity index (χ2v) is 7.89. The van der Waals surface area contributed by atoms with E-state index in [0.717, 1.165) is 35.9 Å². The lowest BCUT2D eigenvalue weighted by atomic mass is 10.0. The number of nitrogens with zero attached hydrogens (tertiary/aromatic N) is 4. The van der Waals surface area contributed by atoms with Crippen LogP contribution in [-0.2, 0) is 0 Å². The van der Waals surface area contributed by atoms with Crippen molar-refractivity contribution < 1.29 is 0 Å². The molecule has 2 heterocycles. The average molecular weight is 483 g/mol. The minimum Gasteiger partial charge on any atom is -0.382 e. The van der Waals surface area contributed by atoms with Crippen LogP contribution in [0.5, 0.6) is 0 Å². The summed E-state index contributed by atoms with van der Waals surface area (Å²) in [6, 6.07) is 14.6. The molecule has 2 N–H and O–H groups in total. The van der Waals surface area contributed by atoms with E-state index in [9.17, 15) is 0 Å². The average Bonchev–Trinajstić information content (AvgIpc) is 2.70. The monoisotopic (exact) mass is 483 g/mol. The van der Waals surface area contributed by atoms with Crippen LogP contribution in [0.25, 0.3) is 22.4 Å². The van der Waals surface area contributed by atoms with Crippen LogP contribution in [0.15, 0.2) is 83.4 Å². The van der Waals surface area contributed by atoms with E-state index in [1.807, 2.05) is 12.1 Å². The zero-order chi connectivity index (χ0) is 18.6. The van der Waals surface area contributed by atoms with Crippen LogP contribution in [-0.4, -0.2) is 19.9 Å². The summed E-state index contributed by atoms with van der Waals surface area (Å²) in [6.45, 7) is 0. The molecule has 4 aromatic rings. The number of aromatic nitrogens is 4. The number of nitrogens with two attached hydrogens (primary N) is 1. The predicted octanol–water partition coefficient (Wildman–Crippen LogP) is 4.94. The first kappa shape index (κ1) is 17.9. The van der Waals surface area contributed by atoms with Crippen molar-refractivity contribution in [3.05, 3.63) is 77.0 Å². The lowest BCUT2D eigenvalue weighted by Gasteiger charge is -2.11. The van der Waals surface area contributed by atoms with E-state index in [-0.39, 0.29) is 0 Å². The highest BCUT2D eigenvalue weighted by atomic mass is 127. The maximum absolute atomic E-state index is 5.64. The van der Waals surface area contributed by atoms with Gasteiger partial charge in [0.2, 0.25) is 0 Å². The number of hydrogen-bond donors (Lipinski definition) is 1. The lowest BCUT2D eigenvalue weighted by Crippen LogP contribution is -1.94. The van der Waals surface area contributed by atoms with Crippen molar-refractivity contribution in [3.63, 3.8) is 0 Å². The number of nitrogen functional groups attached to an aromatic ring is 1. The normalized spacial score (nSPS) is 10.7. The molecule has 132 valence electrons. The molecule has 2 aromatic heterocycles. The molecule has 4 rings (SSSR count). The molecule has 0 spiro atoms. The summed E-state index contributed by atoms with van der Waals surface area (Å²) in [4.78, 5) is 18.1. The fourth-order valence-corrected chi connectivity index (χ4v) is 4.30. The smallest absolute Gasteiger partial charge is 0.141 e. The molecule has 0 saturated heterocycles. The maximum atomic E-state index is 5.64. The van der Waals surface area contributed by atoms with Crippen LogP contribution in [0.3, 0.4) is 0 Å². The fourth-order valence-electron chi connectivity index (χ4n) is 2.61. The van der Waals surface area contributed by atoms with Crippen molar-refractivity contribution in [2.45, 2.75) is 9.92 Å². The van der Waals surface area contributed by atoms with Gasteiger partial charge in [0.05, 0.1) is 24.3 Å². The summed E-state index contributed by atoms with van der Waals surface area (Å²) in [7, 11) is 0. The van der Waals surface area contributed by atoms with Gasteiger partial charge >= 0.3 is 0 Å². The van der Waals surface area contributed by atoms with E-state index >= 15 is 0 Å². The molecule has 0 aliphatic carbocycles. The zero-order valence-electron chi connectivity index (χ0n) is 14.1. The van der Waals surface area contributed by atoms with Gasteiger partial charge in [0, 0.05) is 26.4 Å². The highest BCUT2D eigenvalue weighted by Gasteiger charge is 2.11. The van der Waals surface area contributed by atoms with Gasteiger partial charge in [-0.05, 0) is 45.9 Å². The molecular weight excluding hydrogens is 469 g/mol. The Morgan fingerprint density at radius 2 is 1.74 bits per heavy atom. The van der Waals surface area contributed by atoms with E-state index in [0.29, 0.717) is 5.82 Å². The van der Waals surface area contributed by atoms with E-state index in [1.165, 1.54) is 0 Å². The van der Waals surface area contributed by atoms with Crippen molar-refractivity contribution in [2.75, 3.05) is 5.73 Å². The Kier molecular flexibility index (Phi) is 5.30. The summed E-state index contributed by atoms with van der Waals surface area (Å²) in [5, 5.41) is 0.869. The van der Waals surface area contributed by atoms with Crippen molar-refractivity contribution in [1.82, 2.24) is 19.9 Å². The first-order valence-corrected chi connectivity index (χ1v) is 10.0. The van der Waals surface area contributed by atoms with E-state index in [4.69, 9.17) is 5.73 Å². The van der Waals surface area contributed by atoms with Crippen LogP contribution < -0.4 is 5.73 Å². The van der Waals surface area contributed by atoms with Gasteiger partial charge in [-0.15, -0.1) is 0 Å². The molecular formula is C20H14IN5S. The second-order valence-electron chi connectivity index (χ2n) is 5.66. The second kappa shape index (κ2) is 8.01. The van der Waals surface area contributed by atoms with Gasteiger partial charge in [0.15, 0.2) is 0 Å². The van der Waals surface area contributed by atoms with Gasteiger partial charge in [0.1, 0.15) is 10.8 Å². The first-order valence-electron chi connectivity index (χ1n) is 8.11. The molecule has 0 aliphatic heterocycles. The molecule has 0 aliphatic rings. The van der Waals surface area contributed by atoms with Crippen LogP contribution in [0, 0.1) is 3.57 Å². The summed E-state index contributed by atoms with van der Waals surface area (Å²) in [6.07, 6.45) is 8.43. The van der Waals surface area contributed by atoms with Gasteiger partial charge in [-0.25, -0.2) is 9.97 Å². The molecule has 5 nitrogen and oxygen atoms in total. The topological polar surface area (TPSA) is 77.6 Å². The van der Waals surface area contributed by atoms with E-state index in [2.05, 4.69) is 72.9 Å². The molecule has 0 saturated carbocycles. The minimum absolute atomic E-state index is 0.417. The molecule has 27 heavy (non-hydrogen) atoms. The first-order chi connectivity index (χ1) is 13.2. The third-order valence-electron chi connectivity index (χ3n) is 3.87. The minimum atomic E-state index is 0.417. The Labute approximate surface area is 174 Å². The van der Waals surface area contributed by atoms with E-state index in [1.54, 1.807) is 42.7 Å². The van der Waals surface area contributed by atoms with Gasteiger partial charge in [-0.2, -0.15) is 0 Å². The van der Waals surface area contributed by atoms with E-state index < -0.39 is 0 Å². The molecule has 0 fully saturated rings. The van der Waals surface area contributed by atoms with Crippen LogP contribution >= 0.6 is 34.4 Å². The molecule has 0 radical (unpaired) electrons. The van der Waals surface area contributed by atoms with Crippen molar-refractivity contribution in [2.24, 2.45) is 0 Å². The quantitative estimate of drug-likeness (QED) is 0.415. The summed E-state index contributed by atoms with van der Waals surface area (Å²) in [5.74, 6) is 0.417. The number of hydrogen-bond acceptors (Lipinski definition) is 6. The number of anilines is 1. The third-order valence-corrected chi connectivity index (χ3v) is 5.76. The molecule has 0 amide bonds. The van der Waals surface area contributed by atoms with Crippen molar-refractivity contribution in [3.8, 4) is 22.4 Å². The van der Waals surface area contributed by atoms with Crippen LogP contribution in [0.1, 0.15) is 0 Å². The lowest BCUT2D eigenvalue weighted by molar-refractivity contribution is 1.05. The van der Waals surface area contributed by atoms with Gasteiger partial charge in [-0.1, -0.05) is 42.1 Å². The largest absolute Gasteiger partial charge is 0.382 e. The maximum Gasteiger partial charge on any atom is 0.141 e. The van der Waals surface area contributed by atoms with Crippen molar-refractivity contribution >= 4 is 40.2 Å². The molecule has 7 heteroatoms.